The lowest BCUT2D eigenvalue weighted by molar-refractivity contribution is 0.452. The van der Waals surface area contributed by atoms with Crippen LogP contribution >= 0.6 is 43.2 Å². The van der Waals surface area contributed by atoms with Gasteiger partial charge >= 0.3 is 0 Å². The molecule has 0 amide bonds. The van der Waals surface area contributed by atoms with E-state index in [4.69, 9.17) is 4.42 Å². The Morgan fingerprint density at radius 3 is 2.85 bits per heavy atom. The second-order valence-electron chi connectivity index (χ2n) is 4.63. The zero-order chi connectivity index (χ0) is 14.1. The fourth-order valence-electron chi connectivity index (χ4n) is 2.05. The van der Waals surface area contributed by atoms with Crippen molar-refractivity contribution in [2.24, 2.45) is 0 Å². The summed E-state index contributed by atoms with van der Waals surface area (Å²) in [4.78, 5) is 1.30. The summed E-state index contributed by atoms with van der Waals surface area (Å²) in [6, 6.07) is 10.4. The number of hydrogen-bond acceptors (Lipinski definition) is 3. The number of benzene rings is 1. The minimum absolute atomic E-state index is 0.176. The first-order valence-corrected chi connectivity index (χ1v) is 8.74. The van der Waals surface area contributed by atoms with E-state index in [0.29, 0.717) is 0 Å². The van der Waals surface area contributed by atoms with Gasteiger partial charge in [0.1, 0.15) is 11.3 Å². The van der Waals surface area contributed by atoms with E-state index in [1.165, 1.54) is 4.88 Å². The van der Waals surface area contributed by atoms with Crippen LogP contribution in [0.1, 0.15) is 23.6 Å². The van der Waals surface area contributed by atoms with Gasteiger partial charge in [-0.1, -0.05) is 15.9 Å². The van der Waals surface area contributed by atoms with Gasteiger partial charge in [0.05, 0.1) is 6.04 Å². The van der Waals surface area contributed by atoms with E-state index < -0.39 is 0 Å². The van der Waals surface area contributed by atoms with Crippen LogP contribution in [0.3, 0.4) is 0 Å². The Hall–Kier alpha value is -0.620. The quantitative estimate of drug-likeness (QED) is 0.577. The van der Waals surface area contributed by atoms with Crippen molar-refractivity contribution < 1.29 is 4.42 Å². The first-order chi connectivity index (χ1) is 9.63. The van der Waals surface area contributed by atoms with Gasteiger partial charge in [-0.05, 0) is 58.6 Å². The van der Waals surface area contributed by atoms with Gasteiger partial charge in [0.25, 0.3) is 0 Å². The van der Waals surface area contributed by atoms with Gasteiger partial charge < -0.3 is 9.73 Å². The molecular weight excluding hydrogens is 402 g/mol. The second kappa shape index (κ2) is 6.02. The number of furan rings is 1. The third-order valence-corrected chi connectivity index (χ3v) is 5.60. The van der Waals surface area contributed by atoms with Crippen molar-refractivity contribution in [1.29, 1.82) is 0 Å². The van der Waals surface area contributed by atoms with E-state index in [2.05, 4.69) is 67.7 Å². The summed E-state index contributed by atoms with van der Waals surface area (Å²) in [7, 11) is 0. The highest BCUT2D eigenvalue weighted by atomic mass is 79.9. The van der Waals surface area contributed by atoms with Crippen molar-refractivity contribution >= 4 is 54.2 Å². The van der Waals surface area contributed by atoms with Crippen molar-refractivity contribution in [2.45, 2.75) is 19.5 Å². The molecule has 104 valence electrons. The maximum absolute atomic E-state index is 5.89. The zero-order valence-electron chi connectivity index (χ0n) is 10.8. The van der Waals surface area contributed by atoms with Gasteiger partial charge in [-0.2, -0.15) is 0 Å². The Morgan fingerprint density at radius 1 is 1.25 bits per heavy atom. The Bertz CT molecular complexity index is 734. The monoisotopic (exact) mass is 413 g/mol. The van der Waals surface area contributed by atoms with Crippen molar-refractivity contribution in [1.82, 2.24) is 5.32 Å². The minimum Gasteiger partial charge on any atom is -0.459 e. The van der Waals surface area contributed by atoms with Gasteiger partial charge in [-0.15, -0.1) is 11.3 Å². The number of hydrogen-bond donors (Lipinski definition) is 1. The van der Waals surface area contributed by atoms with E-state index >= 15 is 0 Å². The summed E-state index contributed by atoms with van der Waals surface area (Å²) in [6.07, 6.45) is 0. The first-order valence-electron chi connectivity index (χ1n) is 6.28. The normalized spacial score (nSPS) is 12.9. The fraction of sp³-hybridized carbons (Fsp3) is 0.200. The van der Waals surface area contributed by atoms with E-state index in [0.717, 1.165) is 32.2 Å². The Balaban J connectivity index is 1.75. The minimum atomic E-state index is 0.176. The van der Waals surface area contributed by atoms with E-state index in [1.54, 1.807) is 11.3 Å². The average Bonchev–Trinajstić information content (AvgIpc) is 3.01. The predicted octanol–water partition coefficient (Wildman–Crippen LogP) is 5.87. The molecule has 1 atom stereocenters. The Labute approximate surface area is 138 Å². The molecule has 1 unspecified atom stereocenters. The third-order valence-electron chi connectivity index (χ3n) is 3.18. The highest BCUT2D eigenvalue weighted by Gasteiger charge is 2.12. The van der Waals surface area contributed by atoms with Crippen molar-refractivity contribution in [2.75, 3.05) is 0 Å². The molecule has 0 aliphatic rings. The third kappa shape index (κ3) is 3.01. The van der Waals surface area contributed by atoms with Gasteiger partial charge in [0.2, 0.25) is 0 Å². The molecule has 3 rings (SSSR count). The topological polar surface area (TPSA) is 25.2 Å². The van der Waals surface area contributed by atoms with Crippen LogP contribution in [-0.2, 0) is 6.54 Å². The number of thiophene rings is 1. The number of rotatable bonds is 4. The van der Waals surface area contributed by atoms with Gasteiger partial charge in [0.15, 0.2) is 0 Å². The fourth-order valence-corrected chi connectivity index (χ4v) is 3.87. The molecule has 5 heteroatoms. The number of halogens is 2. The molecular formula is C15H13Br2NOS. The molecule has 20 heavy (non-hydrogen) atoms. The van der Waals surface area contributed by atoms with Crippen LogP contribution in [0.25, 0.3) is 11.0 Å². The number of nitrogens with one attached hydrogen (secondary N) is 1. The van der Waals surface area contributed by atoms with Crippen LogP contribution in [0, 0.1) is 0 Å². The first kappa shape index (κ1) is 14.3. The summed E-state index contributed by atoms with van der Waals surface area (Å²) in [5.74, 6) is 0.964. The molecule has 2 heterocycles. The highest BCUT2D eigenvalue weighted by molar-refractivity contribution is 9.10. The molecule has 2 aromatic heterocycles. The molecule has 0 spiro atoms. The van der Waals surface area contributed by atoms with Crippen LogP contribution in [0.15, 0.2) is 49.1 Å². The van der Waals surface area contributed by atoms with Crippen LogP contribution in [0.2, 0.25) is 0 Å². The summed E-state index contributed by atoms with van der Waals surface area (Å²) in [5, 5.41) is 6.71. The molecule has 0 saturated carbocycles. The summed E-state index contributed by atoms with van der Waals surface area (Å²) in [6.45, 7) is 2.95. The summed E-state index contributed by atoms with van der Waals surface area (Å²) in [5.41, 5.74) is 0.925. The molecule has 1 aromatic carbocycles. The molecule has 0 aliphatic carbocycles. The van der Waals surface area contributed by atoms with Crippen LogP contribution in [0.4, 0.5) is 0 Å². The van der Waals surface area contributed by atoms with Crippen LogP contribution in [-0.4, -0.2) is 0 Å². The summed E-state index contributed by atoms with van der Waals surface area (Å²) >= 11 is 8.78. The molecule has 1 N–H and O–H groups in total. The predicted molar refractivity (Wildman–Crippen MR) is 91.2 cm³/mol. The molecule has 0 radical (unpaired) electrons. The van der Waals surface area contributed by atoms with Crippen molar-refractivity contribution in [3.05, 3.63) is 55.3 Å². The summed E-state index contributed by atoms with van der Waals surface area (Å²) < 4.78 is 8.13. The molecule has 0 fully saturated rings. The second-order valence-corrected chi connectivity index (χ2v) is 7.40. The maximum Gasteiger partial charge on any atom is 0.134 e. The molecule has 0 aliphatic heterocycles. The van der Waals surface area contributed by atoms with E-state index in [1.807, 2.05) is 12.1 Å². The van der Waals surface area contributed by atoms with E-state index in [9.17, 15) is 0 Å². The molecule has 3 aromatic rings. The lowest BCUT2D eigenvalue weighted by atomic mass is 10.2. The van der Waals surface area contributed by atoms with Crippen LogP contribution in [0.5, 0.6) is 0 Å². The maximum atomic E-state index is 5.89. The van der Waals surface area contributed by atoms with Crippen molar-refractivity contribution in [3.63, 3.8) is 0 Å². The van der Waals surface area contributed by atoms with Crippen molar-refractivity contribution in [3.8, 4) is 0 Å². The molecule has 0 saturated heterocycles. The van der Waals surface area contributed by atoms with Gasteiger partial charge in [-0.3, -0.25) is 0 Å². The Morgan fingerprint density at radius 2 is 2.10 bits per heavy atom. The lowest BCUT2D eigenvalue weighted by Crippen LogP contribution is -2.17. The standard InChI is InChI=1S/C15H13Br2NOS/c1-9(18-8-15-12(17)4-5-20-15)14-7-10-6-11(16)2-3-13(10)19-14/h2-7,9,18H,8H2,1H3. The lowest BCUT2D eigenvalue weighted by Gasteiger charge is -2.10. The number of fused-ring (bicyclic) bond motifs is 1. The van der Waals surface area contributed by atoms with Gasteiger partial charge in [-0.25, -0.2) is 0 Å². The average molecular weight is 415 g/mol. The molecule has 2 nitrogen and oxygen atoms in total. The largest absolute Gasteiger partial charge is 0.459 e. The Kier molecular flexibility index (Phi) is 4.31. The van der Waals surface area contributed by atoms with Gasteiger partial charge in [0, 0.05) is 25.8 Å². The van der Waals surface area contributed by atoms with E-state index in [-0.39, 0.29) is 6.04 Å². The molecule has 0 bridgehead atoms. The smallest absolute Gasteiger partial charge is 0.134 e. The highest BCUT2D eigenvalue weighted by Crippen LogP contribution is 2.27. The zero-order valence-corrected chi connectivity index (χ0v) is 14.8. The SMILES string of the molecule is CC(NCc1sccc1Br)c1cc2cc(Br)ccc2o1. The van der Waals surface area contributed by atoms with Crippen LogP contribution < -0.4 is 5.32 Å².